The van der Waals surface area contributed by atoms with Gasteiger partial charge in [-0.25, -0.2) is 8.42 Å². The van der Waals surface area contributed by atoms with Crippen molar-refractivity contribution in [3.63, 3.8) is 0 Å². The number of nitrogens with one attached hydrogen (secondary N) is 1. The van der Waals surface area contributed by atoms with Crippen LogP contribution in [0.2, 0.25) is 0 Å². The molecule has 0 aliphatic carbocycles. The third-order valence-corrected chi connectivity index (χ3v) is 3.69. The molecule has 0 bridgehead atoms. The summed E-state index contributed by atoms with van der Waals surface area (Å²) in [4.78, 5) is 0. The molecule has 0 fully saturated rings. The fourth-order valence-electron chi connectivity index (χ4n) is 0.917. The molecule has 15 heavy (non-hydrogen) atoms. The number of terminal acetylenes is 1. The number of rotatable bonds is 3. The van der Waals surface area contributed by atoms with E-state index in [9.17, 15) is 8.42 Å². The molecule has 4 heteroatoms. The summed E-state index contributed by atoms with van der Waals surface area (Å²) in [6.07, 6.45) is 5.19. The van der Waals surface area contributed by atoms with Crippen LogP contribution < -0.4 is 4.72 Å². The van der Waals surface area contributed by atoms with Gasteiger partial charge in [0.05, 0.1) is 5.25 Å². The number of hydrogen-bond donors (Lipinski definition) is 1. The van der Waals surface area contributed by atoms with E-state index in [1.165, 1.54) is 0 Å². The monoisotopic (exact) mass is 223 g/mol. The highest BCUT2D eigenvalue weighted by atomic mass is 32.2. The maximum Gasteiger partial charge on any atom is 0.235 e. The smallest absolute Gasteiger partial charge is 0.235 e. The van der Waals surface area contributed by atoms with Gasteiger partial charge in [-0.2, -0.15) is 0 Å². The van der Waals surface area contributed by atoms with Crippen molar-refractivity contribution in [2.45, 2.75) is 19.1 Å². The molecule has 3 nitrogen and oxygen atoms in total. The molecule has 0 aromatic heterocycles. The Morgan fingerprint density at radius 2 is 1.80 bits per heavy atom. The molecule has 1 N–H and O–H groups in total. The summed E-state index contributed by atoms with van der Waals surface area (Å²) in [5, 5.41) is -0.454. The van der Waals surface area contributed by atoms with Crippen molar-refractivity contribution in [3.8, 4) is 12.3 Å². The van der Waals surface area contributed by atoms with E-state index < -0.39 is 15.3 Å². The lowest BCUT2D eigenvalue weighted by molar-refractivity contribution is 0.593. The Balaban J connectivity index is 2.88. The zero-order chi connectivity index (χ0) is 11.5. The van der Waals surface area contributed by atoms with Crippen LogP contribution in [0.1, 0.15) is 19.4 Å². The quantitative estimate of drug-likeness (QED) is 0.794. The first-order valence-corrected chi connectivity index (χ1v) is 6.08. The van der Waals surface area contributed by atoms with E-state index in [1.807, 2.05) is 0 Å². The molecule has 0 radical (unpaired) electrons. The van der Waals surface area contributed by atoms with E-state index in [4.69, 9.17) is 6.42 Å². The first-order chi connectivity index (χ1) is 6.95. The zero-order valence-corrected chi connectivity index (χ0v) is 9.51. The van der Waals surface area contributed by atoms with Gasteiger partial charge in [-0.15, -0.1) is 6.42 Å². The Labute approximate surface area is 90.6 Å². The van der Waals surface area contributed by atoms with Crippen LogP contribution in [0, 0.1) is 12.3 Å². The van der Waals surface area contributed by atoms with Gasteiger partial charge in [0.2, 0.25) is 10.0 Å². The number of sulfonamides is 1. The van der Waals surface area contributed by atoms with Gasteiger partial charge in [0.15, 0.2) is 0 Å². The minimum atomic E-state index is -3.27. The van der Waals surface area contributed by atoms with Crippen LogP contribution in [0.5, 0.6) is 0 Å². The van der Waals surface area contributed by atoms with Gasteiger partial charge in [0.25, 0.3) is 0 Å². The van der Waals surface area contributed by atoms with E-state index in [-0.39, 0.29) is 0 Å². The van der Waals surface area contributed by atoms with Crippen molar-refractivity contribution < 1.29 is 8.42 Å². The summed E-state index contributed by atoms with van der Waals surface area (Å²) in [6.45, 7) is 3.25. The van der Waals surface area contributed by atoms with E-state index in [0.29, 0.717) is 5.69 Å². The minimum absolute atomic E-state index is 0.454. The Kier molecular flexibility index (Phi) is 3.38. The van der Waals surface area contributed by atoms with Crippen molar-refractivity contribution >= 4 is 15.7 Å². The van der Waals surface area contributed by atoms with E-state index in [0.717, 1.165) is 5.56 Å². The lowest BCUT2D eigenvalue weighted by atomic mass is 10.2. The molecule has 1 aromatic rings. The molecule has 0 atom stereocenters. The largest absolute Gasteiger partial charge is 0.283 e. The lowest BCUT2D eigenvalue weighted by Crippen LogP contribution is -2.22. The van der Waals surface area contributed by atoms with Crippen molar-refractivity contribution in [2.75, 3.05) is 4.72 Å². The summed E-state index contributed by atoms with van der Waals surface area (Å²) in [5.74, 6) is 2.46. The molecule has 0 aliphatic rings. The normalized spacial score (nSPS) is 11.1. The van der Waals surface area contributed by atoms with Crippen molar-refractivity contribution in [1.29, 1.82) is 0 Å². The molecule has 0 heterocycles. The molecular formula is C11H13NO2S. The Bertz CT molecular complexity index is 466. The predicted octanol–water partition coefficient (Wildman–Crippen LogP) is 1.82. The molecular weight excluding hydrogens is 210 g/mol. The Hall–Kier alpha value is -1.47. The second kappa shape index (κ2) is 4.37. The average Bonchev–Trinajstić information content (AvgIpc) is 2.18. The van der Waals surface area contributed by atoms with Crippen molar-refractivity contribution in [3.05, 3.63) is 29.8 Å². The van der Waals surface area contributed by atoms with E-state index in [1.54, 1.807) is 38.1 Å². The topological polar surface area (TPSA) is 46.2 Å². The number of hydrogen-bond acceptors (Lipinski definition) is 2. The lowest BCUT2D eigenvalue weighted by Gasteiger charge is -2.10. The summed E-state index contributed by atoms with van der Waals surface area (Å²) < 4.78 is 25.5. The molecule has 0 saturated carbocycles. The van der Waals surface area contributed by atoms with Crippen LogP contribution in [0.4, 0.5) is 5.69 Å². The third-order valence-electron chi connectivity index (χ3n) is 1.93. The van der Waals surface area contributed by atoms with Crippen LogP contribution in [0.3, 0.4) is 0 Å². The maximum absolute atomic E-state index is 11.5. The van der Waals surface area contributed by atoms with Crippen LogP contribution in [-0.2, 0) is 10.0 Å². The van der Waals surface area contributed by atoms with E-state index in [2.05, 4.69) is 10.6 Å². The highest BCUT2D eigenvalue weighted by Crippen LogP contribution is 2.12. The summed E-state index contributed by atoms with van der Waals surface area (Å²) in [5.41, 5.74) is 1.25. The minimum Gasteiger partial charge on any atom is -0.283 e. The third kappa shape index (κ3) is 3.00. The van der Waals surface area contributed by atoms with Crippen molar-refractivity contribution in [2.24, 2.45) is 0 Å². The molecule has 0 unspecified atom stereocenters. The second-order valence-corrected chi connectivity index (χ2v) is 5.65. The first-order valence-electron chi connectivity index (χ1n) is 4.54. The Morgan fingerprint density at radius 1 is 1.27 bits per heavy atom. The Morgan fingerprint density at radius 3 is 2.20 bits per heavy atom. The standard InChI is InChI=1S/C11H13NO2S/c1-4-10-5-7-11(8-6-10)12-15(13,14)9(2)3/h1,5-9,12H,2-3H3. The molecule has 80 valence electrons. The SMILES string of the molecule is C#Cc1ccc(NS(=O)(=O)C(C)C)cc1. The summed E-state index contributed by atoms with van der Waals surface area (Å²) in [6, 6.07) is 6.68. The predicted molar refractivity (Wildman–Crippen MR) is 62.1 cm³/mol. The molecule has 0 amide bonds. The molecule has 1 aromatic carbocycles. The molecule has 0 aliphatic heterocycles. The molecule has 0 saturated heterocycles. The molecule has 1 rings (SSSR count). The van der Waals surface area contributed by atoms with Gasteiger partial charge in [0.1, 0.15) is 0 Å². The number of benzene rings is 1. The van der Waals surface area contributed by atoms with Crippen LogP contribution in [-0.4, -0.2) is 13.7 Å². The highest BCUT2D eigenvalue weighted by molar-refractivity contribution is 7.93. The van der Waals surface area contributed by atoms with Crippen LogP contribution >= 0.6 is 0 Å². The average molecular weight is 223 g/mol. The van der Waals surface area contributed by atoms with E-state index >= 15 is 0 Å². The highest BCUT2D eigenvalue weighted by Gasteiger charge is 2.14. The maximum atomic E-state index is 11.5. The second-order valence-electron chi connectivity index (χ2n) is 3.42. The van der Waals surface area contributed by atoms with Gasteiger partial charge in [-0.3, -0.25) is 4.72 Å². The fourth-order valence-corrected chi connectivity index (χ4v) is 1.62. The van der Waals surface area contributed by atoms with Crippen molar-refractivity contribution in [1.82, 2.24) is 0 Å². The van der Waals surface area contributed by atoms with Gasteiger partial charge in [0, 0.05) is 11.3 Å². The van der Waals surface area contributed by atoms with Gasteiger partial charge < -0.3 is 0 Å². The van der Waals surface area contributed by atoms with Gasteiger partial charge >= 0.3 is 0 Å². The number of anilines is 1. The zero-order valence-electron chi connectivity index (χ0n) is 8.69. The summed E-state index contributed by atoms with van der Waals surface area (Å²) >= 11 is 0. The van der Waals surface area contributed by atoms with Crippen LogP contribution in [0.15, 0.2) is 24.3 Å². The van der Waals surface area contributed by atoms with Gasteiger partial charge in [-0.05, 0) is 38.1 Å². The van der Waals surface area contributed by atoms with Crippen LogP contribution in [0.25, 0.3) is 0 Å². The summed E-state index contributed by atoms with van der Waals surface area (Å²) in [7, 11) is -3.27. The fraction of sp³-hybridized carbons (Fsp3) is 0.273. The first kappa shape index (κ1) is 11.6. The molecule has 0 spiro atoms. The van der Waals surface area contributed by atoms with Gasteiger partial charge in [-0.1, -0.05) is 5.92 Å².